The van der Waals surface area contributed by atoms with Crippen LogP contribution >= 0.6 is 19.8 Å². The normalized spacial score (nSPS) is 21.8. The Balaban J connectivity index is 1.87. The molecule has 0 aliphatic carbocycles. The van der Waals surface area contributed by atoms with Crippen molar-refractivity contribution in [3.8, 4) is 4.08 Å². The minimum atomic E-state index is -4.91. The molecular formula is C22H21F6IN2O. The van der Waals surface area contributed by atoms with Gasteiger partial charge in [0.1, 0.15) is 0 Å². The van der Waals surface area contributed by atoms with Crippen LogP contribution in [-0.2, 0) is 22.6 Å². The van der Waals surface area contributed by atoms with Crippen LogP contribution in [0.3, 0.4) is 0 Å². The predicted molar refractivity (Wildman–Crippen MR) is 116 cm³/mol. The molecule has 0 bridgehead atoms. The molecule has 1 aliphatic rings. The second kappa shape index (κ2) is 9.57. The number of alkyl halides is 8. The summed E-state index contributed by atoms with van der Waals surface area (Å²) in [5.74, 6) is 0. The average molecular weight is 570 g/mol. The fourth-order valence-corrected chi connectivity index (χ4v) is 7.05. The van der Waals surface area contributed by atoms with Crippen molar-refractivity contribution in [3.63, 3.8) is 0 Å². The minimum absolute atomic E-state index is 0.0468. The summed E-state index contributed by atoms with van der Waals surface area (Å²) in [6, 6.07) is 10.8. The van der Waals surface area contributed by atoms with Crippen molar-refractivity contribution in [2.24, 2.45) is 0 Å². The van der Waals surface area contributed by atoms with Crippen molar-refractivity contribution in [2.75, 3.05) is 15.6 Å². The summed E-state index contributed by atoms with van der Waals surface area (Å²) in [7, 11) is 0. The van der Waals surface area contributed by atoms with Crippen LogP contribution in [0.25, 0.3) is 0 Å². The van der Waals surface area contributed by atoms with Gasteiger partial charge in [-0.05, 0) is 0 Å². The van der Waals surface area contributed by atoms with Crippen molar-refractivity contribution < 1.29 is 31.1 Å². The van der Waals surface area contributed by atoms with E-state index in [-0.39, 0.29) is 18.2 Å². The third kappa shape index (κ3) is 5.74. The standard InChI is InChI=1S/C22H21F6IN2O/c1-15(16-9-18(21(23,24)25)11-19(10-16)22(26,27)28)32-12-20(17-5-3-2-4-6-17)7-8-29(13-30)14-31-20/h2-6,9-11,15,31H,7-8,12,14H2,1H3/t15-,20-/m1/s1. The van der Waals surface area contributed by atoms with E-state index in [0.29, 0.717) is 23.1 Å². The number of benzene rings is 2. The van der Waals surface area contributed by atoms with Crippen molar-refractivity contribution in [1.82, 2.24) is 5.32 Å². The molecule has 1 N–H and O–H groups in total. The molecule has 0 saturated carbocycles. The van der Waals surface area contributed by atoms with Crippen molar-refractivity contribution in [3.05, 3.63) is 70.8 Å². The van der Waals surface area contributed by atoms with E-state index in [1.165, 1.54) is 6.92 Å². The molecule has 1 saturated heterocycles. The average Bonchev–Trinajstić information content (AvgIpc) is 2.77. The van der Waals surface area contributed by atoms with Gasteiger partial charge in [0, 0.05) is 0 Å². The predicted octanol–water partition coefficient (Wildman–Crippen LogP) is 6.64. The molecule has 3 nitrogen and oxygen atoms in total. The van der Waals surface area contributed by atoms with E-state index in [1.54, 1.807) is 0 Å². The SMILES string of the molecule is C[C@@H](OC[C@@]1(c2ccccc2)CCI(C#N)CN1)c1cc(C(F)(F)F)cc(C(F)(F)F)c1. The van der Waals surface area contributed by atoms with Gasteiger partial charge in [0.25, 0.3) is 0 Å². The zero-order valence-corrected chi connectivity index (χ0v) is 19.2. The van der Waals surface area contributed by atoms with Crippen LogP contribution in [-0.4, -0.2) is 15.6 Å². The number of hydrogen-bond acceptors (Lipinski definition) is 3. The van der Waals surface area contributed by atoms with Gasteiger partial charge >= 0.3 is 189 Å². The summed E-state index contributed by atoms with van der Waals surface area (Å²) in [5.41, 5.74) is -2.68. The van der Waals surface area contributed by atoms with Gasteiger partial charge in [0.05, 0.1) is 0 Å². The van der Waals surface area contributed by atoms with Crippen molar-refractivity contribution in [1.29, 1.82) is 5.26 Å². The Hall–Kier alpha value is -1.84. The van der Waals surface area contributed by atoms with E-state index in [1.807, 2.05) is 30.3 Å². The molecule has 2 aromatic carbocycles. The fourth-order valence-electron chi connectivity index (χ4n) is 3.50. The van der Waals surface area contributed by atoms with E-state index in [9.17, 15) is 31.6 Å². The number of rotatable bonds is 5. The number of halogens is 7. The number of nitrogens with one attached hydrogen (secondary N) is 1. The van der Waals surface area contributed by atoms with Crippen LogP contribution in [0.5, 0.6) is 0 Å². The van der Waals surface area contributed by atoms with Gasteiger partial charge in [0.15, 0.2) is 0 Å². The van der Waals surface area contributed by atoms with Crippen molar-refractivity contribution >= 4 is 19.8 Å². The maximum absolute atomic E-state index is 13.2. The first-order chi connectivity index (χ1) is 14.9. The Kier molecular flexibility index (Phi) is 7.41. The molecule has 3 rings (SSSR count). The van der Waals surface area contributed by atoms with Crippen LogP contribution in [0, 0.1) is 9.34 Å². The van der Waals surface area contributed by atoms with Gasteiger partial charge in [-0.1, -0.05) is 0 Å². The van der Waals surface area contributed by atoms with Gasteiger partial charge in [-0.3, -0.25) is 0 Å². The zero-order chi connectivity index (χ0) is 23.6. The van der Waals surface area contributed by atoms with Gasteiger partial charge in [0.2, 0.25) is 0 Å². The Bertz CT molecular complexity index is 931. The van der Waals surface area contributed by atoms with E-state index in [0.717, 1.165) is 9.99 Å². The Labute approximate surface area is 189 Å². The third-order valence-electron chi connectivity index (χ3n) is 5.42. The molecule has 1 aliphatic heterocycles. The van der Waals surface area contributed by atoms with Crippen LogP contribution < -0.4 is 5.32 Å². The van der Waals surface area contributed by atoms with E-state index in [4.69, 9.17) is 4.74 Å². The molecule has 2 atom stereocenters. The van der Waals surface area contributed by atoms with Crippen LogP contribution in [0.1, 0.15) is 41.7 Å². The maximum atomic E-state index is 13.2. The van der Waals surface area contributed by atoms with Gasteiger partial charge in [-0.25, -0.2) is 0 Å². The molecule has 10 heteroatoms. The molecule has 0 unspecified atom stereocenters. The molecule has 2 aromatic rings. The first-order valence-corrected chi connectivity index (χ1v) is 13.8. The zero-order valence-electron chi connectivity index (χ0n) is 17.0. The monoisotopic (exact) mass is 570 g/mol. The van der Waals surface area contributed by atoms with Crippen LogP contribution in [0.2, 0.25) is 0 Å². The van der Waals surface area contributed by atoms with Gasteiger partial charge in [-0.2, -0.15) is 0 Å². The molecule has 1 heterocycles. The first-order valence-electron chi connectivity index (χ1n) is 9.67. The first kappa shape index (κ1) is 24.8. The van der Waals surface area contributed by atoms with Crippen LogP contribution in [0.15, 0.2) is 48.5 Å². The Morgan fingerprint density at radius 1 is 1.06 bits per heavy atom. The molecule has 1 fully saturated rings. The second-order valence-corrected chi connectivity index (χ2v) is 12.5. The summed E-state index contributed by atoms with van der Waals surface area (Å²) in [4.78, 5) is 0. The summed E-state index contributed by atoms with van der Waals surface area (Å²) in [6.45, 7) is 1.48. The molecule has 0 radical (unpaired) electrons. The summed E-state index contributed by atoms with van der Waals surface area (Å²) in [6.07, 6.45) is -10.2. The molecule has 0 aromatic heterocycles. The number of hydrogen-bond donors (Lipinski definition) is 1. The fraction of sp³-hybridized carbons (Fsp3) is 0.409. The van der Waals surface area contributed by atoms with Crippen LogP contribution in [0.4, 0.5) is 26.3 Å². The topological polar surface area (TPSA) is 45.0 Å². The van der Waals surface area contributed by atoms with E-state index < -0.39 is 54.9 Å². The molecule has 0 spiro atoms. The summed E-state index contributed by atoms with van der Waals surface area (Å²) >= 11 is -1.76. The Morgan fingerprint density at radius 2 is 1.66 bits per heavy atom. The second-order valence-electron chi connectivity index (χ2n) is 7.53. The molecule has 32 heavy (non-hydrogen) atoms. The molecule has 174 valence electrons. The molecular weight excluding hydrogens is 549 g/mol. The number of nitrogens with zero attached hydrogens (tertiary/aromatic N) is 1. The van der Waals surface area contributed by atoms with Crippen molar-refractivity contribution in [2.45, 2.75) is 37.3 Å². The quantitative estimate of drug-likeness (QED) is 0.190. The third-order valence-corrected chi connectivity index (χ3v) is 9.25. The Morgan fingerprint density at radius 3 is 2.12 bits per heavy atom. The molecule has 0 amide bonds. The number of ether oxygens (including phenoxy) is 1. The summed E-state index contributed by atoms with van der Waals surface area (Å²) in [5, 5.41) is 12.6. The van der Waals surface area contributed by atoms with Gasteiger partial charge in [-0.15, -0.1) is 0 Å². The summed E-state index contributed by atoms with van der Waals surface area (Å²) < 4.78 is 88.7. The van der Waals surface area contributed by atoms with E-state index >= 15 is 0 Å². The number of nitriles is 1. The van der Waals surface area contributed by atoms with Gasteiger partial charge < -0.3 is 0 Å². The van der Waals surface area contributed by atoms with E-state index in [2.05, 4.69) is 9.39 Å².